The molecule has 0 bridgehead atoms. The number of hydrogen-bond donors (Lipinski definition) is 1. The molecule has 84 valence electrons. The summed E-state index contributed by atoms with van der Waals surface area (Å²) in [6, 6.07) is 14.6. The molecule has 1 N–H and O–H groups in total. The molecule has 0 amide bonds. The lowest BCUT2D eigenvalue weighted by molar-refractivity contribution is 0.473. The number of phenolic OH excluding ortho intramolecular Hbond substituents is 1. The molecule has 0 saturated heterocycles. The number of aromatic hydroxyl groups is 1. The van der Waals surface area contributed by atoms with Gasteiger partial charge >= 0.3 is 0 Å². The van der Waals surface area contributed by atoms with Crippen LogP contribution < -0.4 is 0 Å². The number of oxazole rings is 1. The van der Waals surface area contributed by atoms with E-state index < -0.39 is 0 Å². The smallest absolute Gasteiger partial charge is 0.261 e. The number of benzene rings is 2. The standard InChI is InChI=1S/C13H9NO2S/c15-9-4-3-5-10(8-9)17-13-14-11-6-1-2-7-12(11)16-13/h1-8,15H. The number of hydrogen-bond acceptors (Lipinski definition) is 4. The molecule has 1 aromatic heterocycles. The molecule has 0 fully saturated rings. The van der Waals surface area contributed by atoms with E-state index in [4.69, 9.17) is 4.42 Å². The highest BCUT2D eigenvalue weighted by molar-refractivity contribution is 7.99. The Morgan fingerprint density at radius 1 is 1.06 bits per heavy atom. The maximum Gasteiger partial charge on any atom is 0.261 e. The van der Waals surface area contributed by atoms with Gasteiger partial charge in [-0.25, -0.2) is 4.98 Å². The maximum atomic E-state index is 9.37. The van der Waals surface area contributed by atoms with E-state index in [1.807, 2.05) is 30.3 Å². The number of nitrogens with zero attached hydrogens (tertiary/aromatic N) is 1. The Bertz CT molecular complexity index is 630. The summed E-state index contributed by atoms with van der Waals surface area (Å²) in [5, 5.41) is 9.95. The fourth-order valence-corrected chi connectivity index (χ4v) is 2.35. The predicted molar refractivity (Wildman–Crippen MR) is 66.2 cm³/mol. The molecule has 2 aromatic carbocycles. The van der Waals surface area contributed by atoms with Crippen LogP contribution in [0.15, 0.2) is 63.1 Å². The summed E-state index contributed by atoms with van der Waals surface area (Å²) >= 11 is 1.39. The van der Waals surface area contributed by atoms with E-state index in [0.29, 0.717) is 5.22 Å². The molecule has 0 atom stereocenters. The van der Waals surface area contributed by atoms with Gasteiger partial charge < -0.3 is 9.52 Å². The van der Waals surface area contributed by atoms with Crippen LogP contribution in [0.4, 0.5) is 0 Å². The number of phenols is 1. The zero-order chi connectivity index (χ0) is 11.7. The lowest BCUT2D eigenvalue weighted by Gasteiger charge is -1.96. The van der Waals surface area contributed by atoms with Crippen LogP contribution in [-0.2, 0) is 0 Å². The molecule has 0 radical (unpaired) electrons. The van der Waals surface area contributed by atoms with Gasteiger partial charge in [0, 0.05) is 4.90 Å². The summed E-state index contributed by atoms with van der Waals surface area (Å²) < 4.78 is 5.58. The Kier molecular flexibility index (Phi) is 2.49. The lowest BCUT2D eigenvalue weighted by Crippen LogP contribution is -1.72. The molecular formula is C13H9NO2S. The summed E-state index contributed by atoms with van der Waals surface area (Å²) in [5.74, 6) is 0.242. The third-order valence-corrected chi connectivity index (χ3v) is 3.14. The Morgan fingerprint density at radius 3 is 2.76 bits per heavy atom. The van der Waals surface area contributed by atoms with Crippen LogP contribution >= 0.6 is 11.8 Å². The summed E-state index contributed by atoms with van der Waals surface area (Å²) in [6.45, 7) is 0. The molecule has 0 saturated carbocycles. The third kappa shape index (κ3) is 2.12. The molecule has 3 rings (SSSR count). The topological polar surface area (TPSA) is 46.3 Å². The molecule has 0 unspecified atom stereocenters. The summed E-state index contributed by atoms with van der Waals surface area (Å²) in [7, 11) is 0. The quantitative estimate of drug-likeness (QED) is 0.745. The molecule has 1 heterocycles. The minimum atomic E-state index is 0.242. The van der Waals surface area contributed by atoms with Gasteiger partial charge in [0.15, 0.2) is 5.58 Å². The average Bonchev–Trinajstić information content (AvgIpc) is 2.71. The van der Waals surface area contributed by atoms with Gasteiger partial charge in [0.05, 0.1) is 0 Å². The second kappa shape index (κ2) is 4.14. The van der Waals surface area contributed by atoms with Gasteiger partial charge in [-0.05, 0) is 42.1 Å². The van der Waals surface area contributed by atoms with Gasteiger partial charge in [0.25, 0.3) is 5.22 Å². The van der Waals surface area contributed by atoms with Crippen molar-refractivity contribution < 1.29 is 9.52 Å². The fourth-order valence-electron chi connectivity index (χ4n) is 1.54. The van der Waals surface area contributed by atoms with Crippen molar-refractivity contribution in [2.45, 2.75) is 10.1 Å². The van der Waals surface area contributed by atoms with Gasteiger partial charge in [-0.1, -0.05) is 18.2 Å². The summed E-state index contributed by atoms with van der Waals surface area (Å²) in [6.07, 6.45) is 0. The number of aromatic nitrogens is 1. The van der Waals surface area contributed by atoms with Crippen molar-refractivity contribution in [3.8, 4) is 5.75 Å². The van der Waals surface area contributed by atoms with Crippen LogP contribution in [0.2, 0.25) is 0 Å². The molecule has 0 spiro atoms. The van der Waals surface area contributed by atoms with Gasteiger partial charge in [0.2, 0.25) is 0 Å². The van der Waals surface area contributed by atoms with Crippen LogP contribution in [0.5, 0.6) is 5.75 Å². The zero-order valence-corrected chi connectivity index (χ0v) is 9.65. The second-order valence-electron chi connectivity index (χ2n) is 3.55. The van der Waals surface area contributed by atoms with Crippen LogP contribution in [0.1, 0.15) is 0 Å². The molecule has 3 aromatic rings. The molecule has 17 heavy (non-hydrogen) atoms. The predicted octanol–water partition coefficient (Wildman–Crippen LogP) is 3.68. The van der Waals surface area contributed by atoms with E-state index in [1.54, 1.807) is 18.2 Å². The van der Waals surface area contributed by atoms with Gasteiger partial charge in [-0.2, -0.15) is 0 Å². The normalized spacial score (nSPS) is 10.8. The summed E-state index contributed by atoms with van der Waals surface area (Å²) in [4.78, 5) is 5.25. The monoisotopic (exact) mass is 243 g/mol. The first-order valence-corrected chi connectivity index (χ1v) is 5.95. The van der Waals surface area contributed by atoms with E-state index in [-0.39, 0.29) is 5.75 Å². The zero-order valence-electron chi connectivity index (χ0n) is 8.83. The fraction of sp³-hybridized carbons (Fsp3) is 0. The Morgan fingerprint density at radius 2 is 1.94 bits per heavy atom. The number of rotatable bonds is 2. The van der Waals surface area contributed by atoms with Crippen molar-refractivity contribution >= 4 is 22.9 Å². The highest BCUT2D eigenvalue weighted by Gasteiger charge is 2.06. The average molecular weight is 243 g/mol. The van der Waals surface area contributed by atoms with Gasteiger partial charge in [0.1, 0.15) is 11.3 Å². The first kappa shape index (κ1) is 10.2. The highest BCUT2D eigenvalue weighted by Crippen LogP contribution is 2.31. The van der Waals surface area contributed by atoms with Crippen molar-refractivity contribution in [3.05, 3.63) is 48.5 Å². The SMILES string of the molecule is Oc1cccc(Sc2nc3ccccc3o2)c1. The largest absolute Gasteiger partial charge is 0.508 e. The number of fused-ring (bicyclic) bond motifs is 1. The molecule has 4 heteroatoms. The molecule has 0 aliphatic rings. The van der Waals surface area contributed by atoms with Crippen LogP contribution in [0.25, 0.3) is 11.1 Å². The van der Waals surface area contributed by atoms with Crippen LogP contribution in [0, 0.1) is 0 Å². The highest BCUT2D eigenvalue weighted by atomic mass is 32.2. The molecular weight excluding hydrogens is 234 g/mol. The lowest BCUT2D eigenvalue weighted by atomic mass is 10.3. The van der Waals surface area contributed by atoms with E-state index in [9.17, 15) is 5.11 Å². The van der Waals surface area contributed by atoms with Crippen molar-refractivity contribution in [1.82, 2.24) is 4.98 Å². The minimum absolute atomic E-state index is 0.242. The molecule has 0 aliphatic carbocycles. The van der Waals surface area contributed by atoms with E-state index in [1.165, 1.54) is 11.8 Å². The summed E-state index contributed by atoms with van der Waals surface area (Å²) in [5.41, 5.74) is 1.62. The van der Waals surface area contributed by atoms with E-state index >= 15 is 0 Å². The Labute approximate surface area is 102 Å². The maximum absolute atomic E-state index is 9.37. The van der Waals surface area contributed by atoms with Crippen molar-refractivity contribution in [2.24, 2.45) is 0 Å². The van der Waals surface area contributed by atoms with E-state index in [2.05, 4.69) is 4.98 Å². The van der Waals surface area contributed by atoms with Gasteiger partial charge in [-0.3, -0.25) is 0 Å². The first-order valence-electron chi connectivity index (χ1n) is 5.14. The Balaban J connectivity index is 1.94. The van der Waals surface area contributed by atoms with Crippen LogP contribution in [-0.4, -0.2) is 10.1 Å². The molecule has 0 aliphatic heterocycles. The third-order valence-electron chi connectivity index (χ3n) is 2.30. The molecule has 3 nitrogen and oxygen atoms in total. The van der Waals surface area contributed by atoms with Crippen molar-refractivity contribution in [1.29, 1.82) is 0 Å². The minimum Gasteiger partial charge on any atom is -0.508 e. The van der Waals surface area contributed by atoms with Crippen molar-refractivity contribution in [2.75, 3.05) is 0 Å². The Hall–Kier alpha value is -1.94. The van der Waals surface area contributed by atoms with E-state index in [0.717, 1.165) is 16.0 Å². The number of para-hydroxylation sites is 2. The van der Waals surface area contributed by atoms with Crippen LogP contribution in [0.3, 0.4) is 0 Å². The van der Waals surface area contributed by atoms with Gasteiger partial charge in [-0.15, -0.1) is 0 Å². The van der Waals surface area contributed by atoms with Crippen molar-refractivity contribution in [3.63, 3.8) is 0 Å². The second-order valence-corrected chi connectivity index (χ2v) is 4.57. The first-order chi connectivity index (χ1) is 8.31.